The van der Waals surface area contributed by atoms with Gasteiger partial charge in [0.05, 0.1) is 11.5 Å². The lowest BCUT2D eigenvalue weighted by molar-refractivity contribution is 0.227. The van der Waals surface area contributed by atoms with Crippen LogP contribution in [0.15, 0.2) is 0 Å². The summed E-state index contributed by atoms with van der Waals surface area (Å²) < 4.78 is 22.8. The molecule has 1 rings (SSSR count). The van der Waals surface area contributed by atoms with Gasteiger partial charge >= 0.3 is 0 Å². The minimum atomic E-state index is -2.77. The Morgan fingerprint density at radius 1 is 1.29 bits per heavy atom. The summed E-state index contributed by atoms with van der Waals surface area (Å²) in [6, 6.07) is 0.172. The van der Waals surface area contributed by atoms with Gasteiger partial charge < -0.3 is 5.32 Å². The monoisotopic (exact) mass is 262 g/mol. The highest BCUT2D eigenvalue weighted by atomic mass is 32.2. The Morgan fingerprint density at radius 3 is 2.71 bits per heavy atom. The van der Waals surface area contributed by atoms with Crippen molar-refractivity contribution in [3.8, 4) is 0 Å². The van der Waals surface area contributed by atoms with Crippen molar-refractivity contribution in [2.45, 2.75) is 39.2 Å². The van der Waals surface area contributed by atoms with Gasteiger partial charge in [-0.05, 0) is 19.9 Å². The van der Waals surface area contributed by atoms with Crippen molar-refractivity contribution in [3.63, 3.8) is 0 Å². The summed E-state index contributed by atoms with van der Waals surface area (Å²) in [7, 11) is -2.77. The Balaban J connectivity index is 2.12. The molecule has 0 spiro atoms. The molecule has 1 saturated heterocycles. The molecule has 0 aliphatic carbocycles. The molecule has 4 nitrogen and oxygen atoms in total. The molecule has 0 bridgehead atoms. The van der Waals surface area contributed by atoms with Crippen LogP contribution in [0.4, 0.5) is 0 Å². The smallest absolute Gasteiger partial charge is 0.153 e. The van der Waals surface area contributed by atoms with Crippen molar-refractivity contribution in [1.82, 2.24) is 10.2 Å². The van der Waals surface area contributed by atoms with E-state index < -0.39 is 9.84 Å². The lowest BCUT2D eigenvalue weighted by Gasteiger charge is -2.33. The second-order valence-electron chi connectivity index (χ2n) is 4.96. The normalized spacial score (nSPS) is 24.9. The molecule has 17 heavy (non-hydrogen) atoms. The maximum absolute atomic E-state index is 11.4. The molecular formula is C12H26N2O2S. The van der Waals surface area contributed by atoms with Gasteiger partial charge in [-0.2, -0.15) is 0 Å². The third-order valence-corrected chi connectivity index (χ3v) is 5.14. The van der Waals surface area contributed by atoms with E-state index in [9.17, 15) is 8.42 Å². The van der Waals surface area contributed by atoms with Crippen molar-refractivity contribution in [2.75, 3.05) is 37.7 Å². The molecule has 0 aromatic heterocycles. The Morgan fingerprint density at radius 2 is 2.06 bits per heavy atom. The first kappa shape index (κ1) is 14.9. The fourth-order valence-corrected chi connectivity index (χ4v) is 3.84. The maximum atomic E-state index is 11.4. The summed E-state index contributed by atoms with van der Waals surface area (Å²) in [5.74, 6) is 0.649. The van der Waals surface area contributed by atoms with Crippen molar-refractivity contribution in [3.05, 3.63) is 0 Å². The summed E-state index contributed by atoms with van der Waals surface area (Å²) in [5.41, 5.74) is 0. The summed E-state index contributed by atoms with van der Waals surface area (Å²) in [6.07, 6.45) is 3.77. The molecule has 102 valence electrons. The number of sulfone groups is 1. The van der Waals surface area contributed by atoms with Crippen LogP contribution < -0.4 is 5.32 Å². The summed E-state index contributed by atoms with van der Waals surface area (Å²) in [4.78, 5) is 2.27. The number of hydrogen-bond acceptors (Lipinski definition) is 4. The largest absolute Gasteiger partial charge is 0.315 e. The molecule has 1 unspecified atom stereocenters. The number of nitrogens with one attached hydrogen (secondary N) is 1. The zero-order valence-corrected chi connectivity index (χ0v) is 11.9. The van der Waals surface area contributed by atoms with Crippen LogP contribution in [0.5, 0.6) is 0 Å². The molecule has 0 saturated carbocycles. The van der Waals surface area contributed by atoms with Crippen molar-refractivity contribution >= 4 is 9.84 Å². The standard InChI is InChI=1S/C12H26N2O2S/c1-3-4-5-6-13-7-8-14-9-10-17(15,16)11-12(14)2/h12-13H,3-11H2,1-2H3. The summed E-state index contributed by atoms with van der Waals surface area (Å²) in [6.45, 7) is 7.91. The molecular weight excluding hydrogens is 236 g/mol. The van der Waals surface area contributed by atoms with Gasteiger partial charge in [0.25, 0.3) is 0 Å². The van der Waals surface area contributed by atoms with E-state index in [0.29, 0.717) is 18.1 Å². The molecule has 5 heteroatoms. The van der Waals surface area contributed by atoms with Crippen molar-refractivity contribution in [2.24, 2.45) is 0 Å². The Hall–Kier alpha value is -0.130. The minimum absolute atomic E-state index is 0.172. The number of unbranched alkanes of at least 4 members (excludes halogenated alkanes) is 2. The van der Waals surface area contributed by atoms with E-state index in [1.807, 2.05) is 6.92 Å². The van der Waals surface area contributed by atoms with Crippen LogP contribution in [0.2, 0.25) is 0 Å². The zero-order valence-electron chi connectivity index (χ0n) is 11.1. The van der Waals surface area contributed by atoms with Gasteiger partial charge in [0.1, 0.15) is 0 Å². The van der Waals surface area contributed by atoms with Crippen LogP contribution in [-0.2, 0) is 9.84 Å². The highest BCUT2D eigenvalue weighted by Gasteiger charge is 2.27. The van der Waals surface area contributed by atoms with Gasteiger partial charge in [0.15, 0.2) is 9.84 Å². The predicted molar refractivity (Wildman–Crippen MR) is 72.1 cm³/mol. The third kappa shape index (κ3) is 5.84. The van der Waals surface area contributed by atoms with E-state index in [-0.39, 0.29) is 6.04 Å². The second-order valence-corrected chi connectivity index (χ2v) is 7.19. The second kappa shape index (κ2) is 7.34. The first-order valence-corrected chi connectivity index (χ1v) is 8.52. The van der Waals surface area contributed by atoms with E-state index in [1.54, 1.807) is 0 Å². The number of nitrogens with zero attached hydrogens (tertiary/aromatic N) is 1. The van der Waals surface area contributed by atoms with Gasteiger partial charge in [0.2, 0.25) is 0 Å². The van der Waals surface area contributed by atoms with E-state index in [0.717, 1.165) is 19.6 Å². The molecule has 1 aliphatic heterocycles. The average Bonchev–Trinajstić information content (AvgIpc) is 2.25. The summed E-state index contributed by atoms with van der Waals surface area (Å²) >= 11 is 0. The molecule has 0 aromatic carbocycles. The van der Waals surface area contributed by atoms with E-state index in [1.165, 1.54) is 19.3 Å². The van der Waals surface area contributed by atoms with E-state index >= 15 is 0 Å². The molecule has 1 aliphatic rings. The van der Waals surface area contributed by atoms with Gasteiger partial charge in [-0.25, -0.2) is 8.42 Å². The van der Waals surface area contributed by atoms with Crippen LogP contribution in [0.3, 0.4) is 0 Å². The zero-order chi connectivity index (χ0) is 12.7. The topological polar surface area (TPSA) is 49.4 Å². The Kier molecular flexibility index (Phi) is 6.44. The van der Waals surface area contributed by atoms with E-state index in [4.69, 9.17) is 0 Å². The maximum Gasteiger partial charge on any atom is 0.153 e. The van der Waals surface area contributed by atoms with Gasteiger partial charge in [-0.3, -0.25) is 4.90 Å². The van der Waals surface area contributed by atoms with E-state index in [2.05, 4.69) is 17.1 Å². The lowest BCUT2D eigenvalue weighted by Crippen LogP contribution is -2.48. The molecule has 1 fully saturated rings. The highest BCUT2D eigenvalue weighted by Crippen LogP contribution is 2.10. The molecule has 1 heterocycles. The fourth-order valence-electron chi connectivity index (χ4n) is 2.21. The predicted octanol–water partition coefficient (Wildman–Crippen LogP) is 0.885. The molecule has 1 atom stereocenters. The van der Waals surface area contributed by atoms with Crippen LogP contribution >= 0.6 is 0 Å². The van der Waals surface area contributed by atoms with Crippen molar-refractivity contribution in [1.29, 1.82) is 0 Å². The SMILES string of the molecule is CCCCCNCCN1CCS(=O)(=O)CC1C. The molecule has 1 N–H and O–H groups in total. The molecule has 0 aromatic rings. The Bertz CT molecular complexity index is 304. The van der Waals surface area contributed by atoms with Crippen LogP contribution in [0, 0.1) is 0 Å². The van der Waals surface area contributed by atoms with Crippen LogP contribution in [0.1, 0.15) is 33.1 Å². The van der Waals surface area contributed by atoms with Crippen LogP contribution in [-0.4, -0.2) is 57.0 Å². The number of hydrogen-bond donors (Lipinski definition) is 1. The first-order chi connectivity index (χ1) is 8.05. The van der Waals surface area contributed by atoms with Gasteiger partial charge in [-0.15, -0.1) is 0 Å². The quantitative estimate of drug-likeness (QED) is 0.692. The van der Waals surface area contributed by atoms with Gasteiger partial charge in [0, 0.05) is 25.7 Å². The highest BCUT2D eigenvalue weighted by molar-refractivity contribution is 7.91. The lowest BCUT2D eigenvalue weighted by atomic mass is 10.2. The molecule has 0 radical (unpaired) electrons. The Labute approximate surface area is 106 Å². The average molecular weight is 262 g/mol. The minimum Gasteiger partial charge on any atom is -0.315 e. The molecule has 0 amide bonds. The fraction of sp³-hybridized carbons (Fsp3) is 1.00. The third-order valence-electron chi connectivity index (χ3n) is 3.34. The first-order valence-electron chi connectivity index (χ1n) is 6.70. The summed E-state index contributed by atoms with van der Waals surface area (Å²) in [5, 5.41) is 3.42. The number of rotatable bonds is 7. The van der Waals surface area contributed by atoms with Crippen LogP contribution in [0.25, 0.3) is 0 Å². The van der Waals surface area contributed by atoms with Crippen molar-refractivity contribution < 1.29 is 8.42 Å². The van der Waals surface area contributed by atoms with Gasteiger partial charge in [-0.1, -0.05) is 19.8 Å².